The minimum Gasteiger partial charge on any atom is -0.481 e. The van der Waals surface area contributed by atoms with Crippen LogP contribution in [0.4, 0.5) is 5.82 Å². The number of amides is 1. The molecule has 0 spiro atoms. The van der Waals surface area contributed by atoms with Gasteiger partial charge in [0.1, 0.15) is 0 Å². The number of carboxylic acids is 1. The third-order valence-electron chi connectivity index (χ3n) is 4.29. The second-order valence-electron chi connectivity index (χ2n) is 6.14. The van der Waals surface area contributed by atoms with Gasteiger partial charge in [-0.3, -0.25) is 14.7 Å². The van der Waals surface area contributed by atoms with E-state index in [2.05, 4.69) is 15.5 Å². The Kier molecular flexibility index (Phi) is 3.24. The van der Waals surface area contributed by atoms with Crippen LogP contribution in [0, 0.1) is 17.3 Å². The Labute approximate surface area is 127 Å². The summed E-state index contributed by atoms with van der Waals surface area (Å²) in [4.78, 5) is 23.4. The Bertz CT molecular complexity index is 721. The minimum atomic E-state index is -0.933. The summed E-state index contributed by atoms with van der Waals surface area (Å²) < 4.78 is 0. The fourth-order valence-corrected chi connectivity index (χ4v) is 2.94. The van der Waals surface area contributed by atoms with Gasteiger partial charge in [0.15, 0.2) is 5.82 Å². The van der Waals surface area contributed by atoms with Crippen molar-refractivity contribution in [1.82, 2.24) is 10.2 Å². The molecule has 22 heavy (non-hydrogen) atoms. The van der Waals surface area contributed by atoms with E-state index in [0.29, 0.717) is 5.82 Å². The molecule has 3 N–H and O–H groups in total. The Balaban J connectivity index is 1.71. The highest BCUT2D eigenvalue weighted by molar-refractivity contribution is 5.99. The number of aliphatic carboxylic acids is 1. The molecule has 6 nitrogen and oxygen atoms in total. The molecule has 0 radical (unpaired) electrons. The first kappa shape index (κ1) is 14.3. The van der Waals surface area contributed by atoms with Crippen LogP contribution >= 0.6 is 0 Å². The molecule has 1 aliphatic rings. The summed E-state index contributed by atoms with van der Waals surface area (Å²) in [5, 5.41) is 18.7. The smallest absolute Gasteiger partial charge is 0.307 e. The number of aromatic amines is 1. The first-order chi connectivity index (χ1) is 10.4. The van der Waals surface area contributed by atoms with Gasteiger partial charge in [-0.1, -0.05) is 44.2 Å². The summed E-state index contributed by atoms with van der Waals surface area (Å²) in [6, 6.07) is 11.4. The quantitative estimate of drug-likeness (QED) is 0.807. The first-order valence-corrected chi connectivity index (χ1v) is 7.06. The van der Waals surface area contributed by atoms with Crippen molar-refractivity contribution in [1.29, 1.82) is 0 Å². The van der Waals surface area contributed by atoms with Crippen molar-refractivity contribution in [2.75, 3.05) is 5.32 Å². The highest BCUT2D eigenvalue weighted by Crippen LogP contribution is 2.58. The maximum absolute atomic E-state index is 12.2. The van der Waals surface area contributed by atoms with Crippen LogP contribution in [-0.4, -0.2) is 27.2 Å². The lowest BCUT2D eigenvalue weighted by molar-refractivity contribution is -0.140. The first-order valence-electron chi connectivity index (χ1n) is 7.06. The molecule has 0 aliphatic heterocycles. The van der Waals surface area contributed by atoms with Gasteiger partial charge in [0.2, 0.25) is 5.91 Å². The molecule has 114 valence electrons. The second-order valence-corrected chi connectivity index (χ2v) is 6.14. The third kappa shape index (κ3) is 2.36. The summed E-state index contributed by atoms with van der Waals surface area (Å²) in [5.41, 5.74) is 1.24. The maximum atomic E-state index is 12.2. The summed E-state index contributed by atoms with van der Waals surface area (Å²) in [6.45, 7) is 3.58. The van der Waals surface area contributed by atoms with Crippen LogP contribution in [0.1, 0.15) is 13.8 Å². The van der Waals surface area contributed by atoms with E-state index in [1.165, 1.54) is 0 Å². The van der Waals surface area contributed by atoms with Crippen molar-refractivity contribution in [3.05, 3.63) is 36.4 Å². The molecule has 1 aliphatic carbocycles. The van der Waals surface area contributed by atoms with E-state index < -0.39 is 23.2 Å². The average molecular weight is 299 g/mol. The van der Waals surface area contributed by atoms with Crippen molar-refractivity contribution >= 4 is 17.7 Å². The van der Waals surface area contributed by atoms with Gasteiger partial charge in [-0.15, -0.1) is 0 Å². The molecular weight excluding hydrogens is 282 g/mol. The molecule has 0 saturated heterocycles. The Morgan fingerprint density at radius 1 is 1.23 bits per heavy atom. The number of rotatable bonds is 4. The topological polar surface area (TPSA) is 95.1 Å². The van der Waals surface area contributed by atoms with Crippen LogP contribution in [0.2, 0.25) is 0 Å². The lowest BCUT2D eigenvalue weighted by Gasteiger charge is -2.02. The number of nitrogens with zero attached hydrogens (tertiary/aromatic N) is 1. The number of carbonyl (C=O) groups is 2. The number of carbonyl (C=O) groups excluding carboxylic acids is 1. The third-order valence-corrected chi connectivity index (χ3v) is 4.29. The molecule has 6 heteroatoms. The lowest BCUT2D eigenvalue weighted by Crippen LogP contribution is -2.17. The van der Waals surface area contributed by atoms with E-state index in [1.807, 2.05) is 30.3 Å². The van der Waals surface area contributed by atoms with E-state index in [4.69, 9.17) is 5.11 Å². The molecule has 3 rings (SSSR count). The fourth-order valence-electron chi connectivity index (χ4n) is 2.94. The largest absolute Gasteiger partial charge is 0.481 e. The predicted octanol–water partition coefficient (Wildman–Crippen LogP) is 2.37. The van der Waals surface area contributed by atoms with Crippen molar-refractivity contribution < 1.29 is 14.7 Å². The number of hydrogen-bond donors (Lipinski definition) is 3. The predicted molar refractivity (Wildman–Crippen MR) is 81.1 cm³/mol. The number of carboxylic acid groups (broad SMARTS) is 1. The monoisotopic (exact) mass is 299 g/mol. The van der Waals surface area contributed by atoms with E-state index in [-0.39, 0.29) is 5.91 Å². The van der Waals surface area contributed by atoms with Crippen LogP contribution in [-0.2, 0) is 9.59 Å². The standard InChI is InChI=1S/C16H17N3O3/c1-16(2)12(13(16)15(21)22)14(20)17-11-8-10(18-19-11)9-6-4-3-5-7-9/h3-8,12-13H,1-2H3,(H,21,22)(H2,17,18,19,20)/t12-,13-/m0/s1. The number of nitrogens with one attached hydrogen (secondary N) is 2. The summed E-state index contributed by atoms with van der Waals surface area (Å²) in [7, 11) is 0. The van der Waals surface area contributed by atoms with Crippen molar-refractivity contribution in [2.24, 2.45) is 17.3 Å². The average Bonchev–Trinajstić information content (AvgIpc) is 2.82. The SMILES string of the molecule is CC1(C)[C@H](C(=O)O)[C@H]1C(=O)Nc1cc(-c2ccccc2)[nH]n1. The van der Waals surface area contributed by atoms with Crippen LogP contribution < -0.4 is 5.32 Å². The molecule has 1 aromatic carbocycles. The number of anilines is 1. The van der Waals surface area contributed by atoms with Crippen molar-refractivity contribution in [3.63, 3.8) is 0 Å². The van der Waals surface area contributed by atoms with Gasteiger partial charge in [0.05, 0.1) is 17.5 Å². The van der Waals surface area contributed by atoms with Crippen LogP contribution in [0.15, 0.2) is 36.4 Å². The zero-order chi connectivity index (χ0) is 15.9. The normalized spacial score (nSPS) is 22.1. The highest BCUT2D eigenvalue weighted by Gasteiger charge is 2.65. The van der Waals surface area contributed by atoms with Crippen LogP contribution in [0.3, 0.4) is 0 Å². The van der Waals surface area contributed by atoms with E-state index >= 15 is 0 Å². The molecule has 2 aromatic rings. The van der Waals surface area contributed by atoms with E-state index in [0.717, 1.165) is 11.3 Å². The maximum Gasteiger partial charge on any atom is 0.307 e. The second kappa shape index (κ2) is 4.98. The number of benzene rings is 1. The minimum absolute atomic E-state index is 0.302. The van der Waals surface area contributed by atoms with Gasteiger partial charge in [-0.2, -0.15) is 5.10 Å². The Hall–Kier alpha value is -2.63. The molecule has 0 unspecified atom stereocenters. The molecular formula is C16H17N3O3. The molecule has 1 fully saturated rings. The highest BCUT2D eigenvalue weighted by atomic mass is 16.4. The zero-order valence-electron chi connectivity index (χ0n) is 12.3. The van der Waals surface area contributed by atoms with Crippen LogP contribution in [0.5, 0.6) is 0 Å². The number of aromatic nitrogens is 2. The van der Waals surface area contributed by atoms with Gasteiger partial charge in [0, 0.05) is 6.07 Å². The molecule has 1 heterocycles. The summed E-state index contributed by atoms with van der Waals surface area (Å²) in [5.74, 6) is -2.00. The number of H-pyrrole nitrogens is 1. The fraction of sp³-hybridized carbons (Fsp3) is 0.312. The van der Waals surface area contributed by atoms with Gasteiger partial charge in [0.25, 0.3) is 0 Å². The molecule has 2 atom stereocenters. The zero-order valence-corrected chi connectivity index (χ0v) is 12.3. The van der Waals surface area contributed by atoms with Crippen molar-refractivity contribution in [3.8, 4) is 11.3 Å². The molecule has 1 saturated carbocycles. The van der Waals surface area contributed by atoms with E-state index in [9.17, 15) is 9.59 Å². The number of hydrogen-bond acceptors (Lipinski definition) is 3. The van der Waals surface area contributed by atoms with E-state index in [1.54, 1.807) is 19.9 Å². The Morgan fingerprint density at radius 3 is 2.50 bits per heavy atom. The summed E-state index contributed by atoms with van der Waals surface area (Å²) >= 11 is 0. The molecule has 0 bridgehead atoms. The van der Waals surface area contributed by atoms with Crippen LogP contribution in [0.25, 0.3) is 11.3 Å². The lowest BCUT2D eigenvalue weighted by atomic mass is 10.1. The van der Waals surface area contributed by atoms with Gasteiger partial charge in [-0.05, 0) is 11.0 Å². The van der Waals surface area contributed by atoms with Gasteiger partial charge >= 0.3 is 5.97 Å². The van der Waals surface area contributed by atoms with Gasteiger partial charge in [-0.25, -0.2) is 0 Å². The summed E-state index contributed by atoms with van der Waals surface area (Å²) in [6.07, 6.45) is 0. The molecule has 1 aromatic heterocycles. The van der Waals surface area contributed by atoms with Crippen molar-refractivity contribution in [2.45, 2.75) is 13.8 Å². The van der Waals surface area contributed by atoms with Gasteiger partial charge < -0.3 is 10.4 Å². The molecule has 1 amide bonds. The Morgan fingerprint density at radius 2 is 1.91 bits per heavy atom.